The summed E-state index contributed by atoms with van der Waals surface area (Å²) < 4.78 is 5.81. The van der Waals surface area contributed by atoms with Gasteiger partial charge in [0, 0.05) is 25.2 Å². The molecule has 2 aliphatic rings. The largest absolute Gasteiger partial charge is 0.376 e. The number of morpholine rings is 1. The van der Waals surface area contributed by atoms with Gasteiger partial charge in [-0.15, -0.1) is 0 Å². The smallest absolute Gasteiger partial charge is 0.0700 e. The van der Waals surface area contributed by atoms with E-state index < -0.39 is 0 Å². The molecule has 3 heteroatoms. The fourth-order valence-electron chi connectivity index (χ4n) is 4.19. The van der Waals surface area contributed by atoms with Gasteiger partial charge in [0.1, 0.15) is 0 Å². The van der Waals surface area contributed by atoms with Crippen molar-refractivity contribution in [1.82, 2.24) is 4.90 Å². The standard InChI is InChI=1S/C15H30N2O/c1-4-14-10-17(5-6-18-14)15(11-16)8-12(2)7-13(3)9-15/h12-14H,4-11,16H2,1-3H3. The molecule has 1 saturated carbocycles. The van der Waals surface area contributed by atoms with Crippen molar-refractivity contribution in [1.29, 1.82) is 0 Å². The Morgan fingerprint density at radius 3 is 2.50 bits per heavy atom. The van der Waals surface area contributed by atoms with Gasteiger partial charge in [0.15, 0.2) is 0 Å². The molecule has 0 bridgehead atoms. The Balaban J connectivity index is 2.10. The van der Waals surface area contributed by atoms with E-state index in [-0.39, 0.29) is 5.54 Å². The van der Waals surface area contributed by atoms with Crippen molar-refractivity contribution in [2.75, 3.05) is 26.2 Å². The Morgan fingerprint density at radius 2 is 1.94 bits per heavy atom. The Bertz CT molecular complexity index is 259. The van der Waals surface area contributed by atoms with Crippen LogP contribution in [0.3, 0.4) is 0 Å². The third-order valence-corrected chi connectivity index (χ3v) is 4.91. The zero-order chi connectivity index (χ0) is 13.2. The normalized spacial score (nSPS) is 43.0. The van der Waals surface area contributed by atoms with Crippen LogP contribution in [0.15, 0.2) is 0 Å². The molecule has 1 aliphatic carbocycles. The molecule has 3 nitrogen and oxygen atoms in total. The van der Waals surface area contributed by atoms with Crippen molar-refractivity contribution in [3.05, 3.63) is 0 Å². The molecule has 0 aromatic heterocycles. The highest BCUT2D eigenvalue weighted by Gasteiger charge is 2.42. The molecular formula is C15H30N2O. The van der Waals surface area contributed by atoms with E-state index in [4.69, 9.17) is 10.5 Å². The zero-order valence-electron chi connectivity index (χ0n) is 12.3. The number of rotatable bonds is 3. The van der Waals surface area contributed by atoms with Crippen molar-refractivity contribution in [2.24, 2.45) is 17.6 Å². The van der Waals surface area contributed by atoms with Gasteiger partial charge in [-0.3, -0.25) is 4.90 Å². The first-order valence-electron chi connectivity index (χ1n) is 7.66. The summed E-state index contributed by atoms with van der Waals surface area (Å²) in [6, 6.07) is 0. The van der Waals surface area contributed by atoms with Crippen molar-refractivity contribution in [3.8, 4) is 0 Å². The Labute approximate surface area is 112 Å². The third-order valence-electron chi connectivity index (χ3n) is 4.91. The summed E-state index contributed by atoms with van der Waals surface area (Å²) in [5.41, 5.74) is 6.44. The lowest BCUT2D eigenvalue weighted by atomic mass is 9.70. The molecular weight excluding hydrogens is 224 g/mol. The highest BCUT2D eigenvalue weighted by Crippen LogP contribution is 2.40. The van der Waals surface area contributed by atoms with Gasteiger partial charge < -0.3 is 10.5 Å². The maximum absolute atomic E-state index is 6.20. The van der Waals surface area contributed by atoms with Crippen LogP contribution in [0.25, 0.3) is 0 Å². The van der Waals surface area contributed by atoms with Gasteiger partial charge in [-0.25, -0.2) is 0 Å². The van der Waals surface area contributed by atoms with E-state index in [1.165, 1.54) is 19.3 Å². The first kappa shape index (κ1) is 14.3. The first-order chi connectivity index (χ1) is 8.59. The highest BCUT2D eigenvalue weighted by atomic mass is 16.5. The zero-order valence-corrected chi connectivity index (χ0v) is 12.3. The molecule has 0 amide bonds. The van der Waals surface area contributed by atoms with E-state index >= 15 is 0 Å². The molecule has 0 aromatic rings. The average Bonchev–Trinajstić information content (AvgIpc) is 2.37. The average molecular weight is 254 g/mol. The third kappa shape index (κ3) is 2.89. The van der Waals surface area contributed by atoms with Crippen LogP contribution in [0.5, 0.6) is 0 Å². The summed E-state index contributed by atoms with van der Waals surface area (Å²) in [6.45, 7) is 10.8. The van der Waals surface area contributed by atoms with Gasteiger partial charge in [-0.05, 0) is 37.5 Å². The van der Waals surface area contributed by atoms with E-state index in [0.717, 1.165) is 44.5 Å². The molecule has 0 spiro atoms. The van der Waals surface area contributed by atoms with Gasteiger partial charge in [-0.2, -0.15) is 0 Å². The number of nitrogens with two attached hydrogens (primary N) is 1. The van der Waals surface area contributed by atoms with Crippen LogP contribution in [0.2, 0.25) is 0 Å². The second-order valence-corrected chi connectivity index (χ2v) is 6.63. The predicted molar refractivity (Wildman–Crippen MR) is 75.6 cm³/mol. The summed E-state index contributed by atoms with van der Waals surface area (Å²) >= 11 is 0. The molecule has 1 heterocycles. The number of nitrogens with zero attached hydrogens (tertiary/aromatic N) is 1. The van der Waals surface area contributed by atoms with Crippen LogP contribution in [0.4, 0.5) is 0 Å². The number of hydrogen-bond donors (Lipinski definition) is 1. The lowest BCUT2D eigenvalue weighted by Crippen LogP contribution is -2.61. The molecule has 2 fully saturated rings. The van der Waals surface area contributed by atoms with Crippen LogP contribution in [-0.4, -0.2) is 42.8 Å². The second kappa shape index (κ2) is 5.89. The molecule has 18 heavy (non-hydrogen) atoms. The Hall–Kier alpha value is -0.120. The van der Waals surface area contributed by atoms with E-state index in [9.17, 15) is 0 Å². The minimum atomic E-state index is 0.244. The fourth-order valence-corrected chi connectivity index (χ4v) is 4.19. The first-order valence-corrected chi connectivity index (χ1v) is 7.66. The van der Waals surface area contributed by atoms with Crippen LogP contribution in [0.1, 0.15) is 46.5 Å². The van der Waals surface area contributed by atoms with Crippen LogP contribution in [0, 0.1) is 11.8 Å². The van der Waals surface area contributed by atoms with Crippen LogP contribution >= 0.6 is 0 Å². The topological polar surface area (TPSA) is 38.5 Å². The van der Waals surface area contributed by atoms with Gasteiger partial charge in [0.2, 0.25) is 0 Å². The summed E-state index contributed by atoms with van der Waals surface area (Å²) in [7, 11) is 0. The summed E-state index contributed by atoms with van der Waals surface area (Å²) in [6.07, 6.45) is 5.43. The minimum absolute atomic E-state index is 0.244. The molecule has 0 radical (unpaired) electrons. The van der Waals surface area contributed by atoms with Crippen LogP contribution < -0.4 is 5.73 Å². The maximum Gasteiger partial charge on any atom is 0.0700 e. The Kier molecular flexibility index (Phi) is 4.68. The van der Waals surface area contributed by atoms with Crippen molar-refractivity contribution < 1.29 is 4.74 Å². The lowest BCUT2D eigenvalue weighted by molar-refractivity contribution is -0.0878. The van der Waals surface area contributed by atoms with E-state index in [2.05, 4.69) is 25.7 Å². The SMILES string of the molecule is CCC1CN(C2(CN)CC(C)CC(C)C2)CCO1. The number of hydrogen-bond acceptors (Lipinski definition) is 3. The molecule has 2 rings (SSSR count). The predicted octanol–water partition coefficient (Wildman–Crippen LogP) is 2.25. The van der Waals surface area contributed by atoms with Gasteiger partial charge in [-0.1, -0.05) is 20.8 Å². The lowest BCUT2D eigenvalue weighted by Gasteiger charge is -2.52. The highest BCUT2D eigenvalue weighted by molar-refractivity contribution is 4.99. The van der Waals surface area contributed by atoms with E-state index in [1.54, 1.807) is 0 Å². The van der Waals surface area contributed by atoms with Crippen molar-refractivity contribution in [2.45, 2.75) is 58.1 Å². The summed E-state index contributed by atoms with van der Waals surface area (Å²) in [4.78, 5) is 2.65. The van der Waals surface area contributed by atoms with Crippen molar-refractivity contribution >= 4 is 0 Å². The Morgan fingerprint density at radius 1 is 1.28 bits per heavy atom. The molecule has 1 aliphatic heterocycles. The maximum atomic E-state index is 6.20. The fraction of sp³-hybridized carbons (Fsp3) is 1.00. The van der Waals surface area contributed by atoms with Gasteiger partial charge in [0.05, 0.1) is 12.7 Å². The molecule has 3 atom stereocenters. The molecule has 106 valence electrons. The van der Waals surface area contributed by atoms with Crippen molar-refractivity contribution in [3.63, 3.8) is 0 Å². The minimum Gasteiger partial charge on any atom is -0.376 e. The molecule has 0 aromatic carbocycles. The molecule has 3 unspecified atom stereocenters. The van der Waals surface area contributed by atoms with Gasteiger partial charge >= 0.3 is 0 Å². The van der Waals surface area contributed by atoms with E-state index in [0.29, 0.717) is 6.10 Å². The molecule has 2 N–H and O–H groups in total. The quantitative estimate of drug-likeness (QED) is 0.839. The second-order valence-electron chi connectivity index (χ2n) is 6.63. The summed E-state index contributed by atoms with van der Waals surface area (Å²) in [5.74, 6) is 1.61. The summed E-state index contributed by atoms with van der Waals surface area (Å²) in [5, 5.41) is 0. The van der Waals surface area contributed by atoms with Crippen LogP contribution in [-0.2, 0) is 4.74 Å². The molecule has 1 saturated heterocycles. The van der Waals surface area contributed by atoms with Gasteiger partial charge in [0.25, 0.3) is 0 Å². The number of ether oxygens (including phenoxy) is 1. The van der Waals surface area contributed by atoms with E-state index in [1.807, 2.05) is 0 Å². The monoisotopic (exact) mass is 254 g/mol.